The maximum atomic E-state index is 13.2. The third kappa shape index (κ3) is 29.8. The molecule has 0 unspecified atom stereocenters. The fourth-order valence-corrected chi connectivity index (χ4v) is 18.7. The highest BCUT2D eigenvalue weighted by atomic mass is 28.4. The Bertz CT molecular complexity index is 4870. The standard InChI is InChI=1S/C50H72N6O17Si.C41H53N7O16.C3H6O/c1-28-22-31(18-13-21-66-74(5,6)50(2,3)4)37(58)43(40(28)70-44-33(20-19-32(67-44)23-53-56-51)54-48(62)64-26-29-14-9-7-10-15-29)72-46-39(60)42(35(25-57)69-46)71-45-36(38(59)41-34(68-45)24-52-47(61)73-41)55-49(63)65-27-30-16-11-8-12-17-30;1-20-14-24(42)29(50)35(32(20)61-36-25(13-12-23(58-36)15-45-48-43)46-40(54)56-18-21-8-4-2-5-9-21)63-38-31(52)34(27(17-49)60-38)62-37-28(30(51)33-26(59-37)16-44-39(53)64-33)47-41(55)57-19-22-10-6-3-7-11-22;1-2-3-4/h7-12,14-17,19,28,31,33-46,57-60H,13,18,20-27H2,1-6H3,(H,52,61)(H,54,62)(H,55,63);2-12,20,24-38,49-52H,13-19,42H2,1H3,(H,44,53)(H,46,54)(H,47,55);3H,2H2,1H3/t28-,31+,33+,34-,35+,36+,37-,38+,39+,40+,41+,42+,43+,44+,45+,46-;20-,24+,25+,26-,27+,28+,29-,30+,31+,32+,33+,34+,35+,36+,37+,38-;/m00./s1. The molecule has 0 aromatic heterocycles. The van der Waals surface area contributed by atoms with Crippen LogP contribution in [0, 0.1) is 17.8 Å². The number of amides is 6. The van der Waals surface area contributed by atoms with Gasteiger partial charge in [0.25, 0.3) is 0 Å². The molecule has 48 heteroatoms. The van der Waals surface area contributed by atoms with Gasteiger partial charge in [-0.2, -0.15) is 0 Å². The van der Waals surface area contributed by atoms with Crippen LogP contribution in [0.1, 0.15) is 109 Å². The molecule has 142 heavy (non-hydrogen) atoms. The van der Waals surface area contributed by atoms with E-state index in [1.165, 1.54) is 0 Å². The molecule has 6 saturated heterocycles. The van der Waals surface area contributed by atoms with E-state index in [4.69, 9.17) is 106 Å². The van der Waals surface area contributed by atoms with Gasteiger partial charge in [0.15, 0.2) is 45.7 Å². The smallest absolute Gasteiger partial charge is 0.407 e. The van der Waals surface area contributed by atoms with Gasteiger partial charge in [0.1, 0.15) is 130 Å². The first kappa shape index (κ1) is 110. The van der Waals surface area contributed by atoms with Crippen LogP contribution in [-0.2, 0) is 121 Å². The first-order valence-corrected chi connectivity index (χ1v) is 50.3. The van der Waals surface area contributed by atoms with Crippen molar-refractivity contribution in [2.24, 2.45) is 33.7 Å². The van der Waals surface area contributed by atoms with E-state index in [-0.39, 0.29) is 100 Å². The summed E-state index contributed by atoms with van der Waals surface area (Å²) in [5.41, 5.74) is 27.3. The van der Waals surface area contributed by atoms with Crippen LogP contribution in [0.2, 0.25) is 18.1 Å². The van der Waals surface area contributed by atoms with Gasteiger partial charge in [-0.3, -0.25) is 0 Å². The second-order valence-corrected chi connectivity index (χ2v) is 42.2. The van der Waals surface area contributed by atoms with Crippen molar-refractivity contribution in [1.29, 1.82) is 0 Å². The lowest BCUT2D eigenvalue weighted by Gasteiger charge is -2.47. The number of fused-ring (bicyclic) bond motifs is 2. The number of carbonyl (C=O) groups is 7. The largest absolute Gasteiger partial charge is 0.467 e. The Labute approximate surface area is 820 Å². The van der Waals surface area contributed by atoms with Gasteiger partial charge in [0, 0.05) is 28.9 Å². The molecule has 8 fully saturated rings. The van der Waals surface area contributed by atoms with Gasteiger partial charge in [-0.05, 0) is 120 Å². The maximum absolute atomic E-state index is 13.2. The first-order valence-electron chi connectivity index (χ1n) is 47.4. The number of ether oxygens (including phenoxy) is 18. The van der Waals surface area contributed by atoms with Crippen LogP contribution in [0.25, 0.3) is 20.9 Å². The Balaban J connectivity index is 0.000000247. The van der Waals surface area contributed by atoms with Gasteiger partial charge in [0.05, 0.1) is 75.9 Å². The zero-order valence-electron chi connectivity index (χ0n) is 79.9. The van der Waals surface area contributed by atoms with E-state index in [0.29, 0.717) is 43.4 Å². The second-order valence-electron chi connectivity index (χ2n) is 37.4. The number of azide groups is 2. The predicted octanol–water partition coefficient (Wildman–Crippen LogP) is 6.03. The van der Waals surface area contributed by atoms with Crippen molar-refractivity contribution in [3.8, 4) is 0 Å². The molecule has 2 aliphatic carbocycles. The summed E-state index contributed by atoms with van der Waals surface area (Å²) in [6.07, 6.45) is -30.4. The molecule has 10 aliphatic rings. The van der Waals surface area contributed by atoms with E-state index in [0.717, 1.165) is 17.4 Å². The van der Waals surface area contributed by atoms with Crippen molar-refractivity contribution in [1.82, 2.24) is 31.9 Å². The van der Waals surface area contributed by atoms with Crippen LogP contribution in [0.3, 0.4) is 0 Å². The number of nitrogens with two attached hydrogens (primary N) is 1. The highest BCUT2D eigenvalue weighted by Gasteiger charge is 2.60. The zero-order valence-corrected chi connectivity index (χ0v) is 80.9. The molecule has 0 radical (unpaired) electrons. The van der Waals surface area contributed by atoms with Gasteiger partial charge < -0.3 is 173 Å². The average Bonchev–Trinajstić information content (AvgIpc) is 1.56. The SMILES string of the molecule is CCC=O.C[C@H]1C[C@@H](CCCO[Si](C)(C)C(C)(C)C)[C@H](O)[C@@H](O[C@@H]2O[C@H](CO)[C@@H](O[C@H]3O[C@H]4CNC(=O)O[C@H]4[C@H](O)[C@H]3NC(=O)OCc3ccccc3)[C@H]2O)[C@@H]1O[C@H]1OC(CN=[N+]=[N-])=CC[C@H]1NC(=O)OCc1ccccc1.C[C@H]1C[C@@H](N)[C@H](O)[C@@H](O[C@@H]2O[C@H](CO)[C@@H](O[C@H]3O[C@H]4CNC(=O)O[C@H]4[C@H](O)[C@H]3NC(=O)OCc3ccccc3)[C@H]2O)[C@@H]1O[C@H]1OC(CN=[N+]=[N-])=CC[C@H]1NC(=O)OCc1ccccc1. The minimum absolute atomic E-state index is 0.00324. The highest BCUT2D eigenvalue weighted by Crippen LogP contribution is 2.44. The lowest BCUT2D eigenvalue weighted by atomic mass is 9.74. The van der Waals surface area contributed by atoms with Crippen molar-refractivity contribution in [3.05, 3.63) is 188 Å². The molecule has 32 atom stereocenters. The molecule has 0 bridgehead atoms. The number of aliphatic hydroxyl groups is 8. The number of rotatable bonds is 36. The van der Waals surface area contributed by atoms with Crippen molar-refractivity contribution < 1.29 is 164 Å². The van der Waals surface area contributed by atoms with E-state index in [1.54, 1.807) is 85.8 Å². The molecule has 8 heterocycles. The molecule has 4 aromatic rings. The fourth-order valence-electron chi connectivity index (χ4n) is 17.6. The zero-order chi connectivity index (χ0) is 102. The predicted molar refractivity (Wildman–Crippen MR) is 496 cm³/mol. The quantitative estimate of drug-likeness (QED) is 0.00470. The molecular formula is C94H131N13O34Si. The monoisotopic (exact) mass is 2010 g/mol. The second kappa shape index (κ2) is 52.7. The molecule has 2 saturated carbocycles. The minimum Gasteiger partial charge on any atom is -0.467 e. The van der Waals surface area contributed by atoms with Crippen molar-refractivity contribution in [2.75, 3.05) is 46.0 Å². The average molecular weight is 2020 g/mol. The number of hydrogen-bond donors (Lipinski definition) is 15. The molecular weight excluding hydrogens is 1880 g/mol. The van der Waals surface area contributed by atoms with Gasteiger partial charge in [0.2, 0.25) is 12.6 Å². The lowest BCUT2D eigenvalue weighted by molar-refractivity contribution is -0.291. The Morgan fingerprint density at radius 1 is 0.500 bits per heavy atom. The van der Waals surface area contributed by atoms with Gasteiger partial charge in [-0.1, -0.05) is 173 Å². The summed E-state index contributed by atoms with van der Waals surface area (Å²) in [7, 11) is -2.08. The molecule has 16 N–H and O–H groups in total. The number of aldehydes is 1. The number of nitrogens with one attached hydrogen (secondary N) is 6. The van der Waals surface area contributed by atoms with Gasteiger partial charge in [-0.15, -0.1) is 0 Å². The lowest BCUT2D eigenvalue weighted by Crippen LogP contribution is -2.69. The summed E-state index contributed by atoms with van der Waals surface area (Å²) in [6.45, 7) is 14.7. The molecule has 6 amide bonds. The van der Waals surface area contributed by atoms with Crippen molar-refractivity contribution in [2.45, 2.75) is 309 Å². The number of hydrogen-bond acceptors (Lipinski definition) is 37. The molecule has 4 aromatic carbocycles. The normalized spacial score (nSPS) is 33.5. The van der Waals surface area contributed by atoms with Crippen LogP contribution in [0.5, 0.6) is 0 Å². The van der Waals surface area contributed by atoms with Crippen LogP contribution in [0.15, 0.2) is 155 Å². The Morgan fingerprint density at radius 2 is 0.859 bits per heavy atom. The minimum atomic E-state index is -2.08. The summed E-state index contributed by atoms with van der Waals surface area (Å²) in [4.78, 5) is 91.7. The van der Waals surface area contributed by atoms with E-state index in [1.807, 2.05) is 68.4 Å². The van der Waals surface area contributed by atoms with E-state index in [9.17, 15) is 74.4 Å². The van der Waals surface area contributed by atoms with Crippen molar-refractivity contribution in [3.63, 3.8) is 0 Å². The van der Waals surface area contributed by atoms with Crippen LogP contribution < -0.4 is 37.6 Å². The summed E-state index contributed by atoms with van der Waals surface area (Å²) in [5.74, 6) is -0.599. The fraction of sp³-hybridized carbons (Fsp3) is 0.628. The summed E-state index contributed by atoms with van der Waals surface area (Å²) >= 11 is 0. The molecule has 8 aliphatic heterocycles. The molecule has 14 rings (SSSR count). The van der Waals surface area contributed by atoms with E-state index in [2.05, 4.69) is 85.8 Å². The molecule has 0 spiro atoms. The number of nitrogens with zero attached hydrogens (tertiary/aromatic N) is 6. The molecule has 780 valence electrons. The number of aliphatic hydroxyl groups excluding tert-OH is 8. The van der Waals surface area contributed by atoms with Crippen LogP contribution in [0.4, 0.5) is 28.8 Å². The van der Waals surface area contributed by atoms with Gasteiger partial charge >= 0.3 is 36.6 Å². The number of benzene rings is 4. The van der Waals surface area contributed by atoms with Crippen molar-refractivity contribution >= 4 is 51.2 Å². The number of carbonyl (C=O) groups excluding carboxylic acids is 7. The highest BCUT2D eigenvalue weighted by molar-refractivity contribution is 6.74. The van der Waals surface area contributed by atoms with Crippen LogP contribution >= 0.6 is 0 Å². The third-order valence-electron chi connectivity index (χ3n) is 26.3. The Kier molecular flexibility index (Phi) is 40.9. The first-order chi connectivity index (χ1) is 68.2. The van der Waals surface area contributed by atoms with Gasteiger partial charge in [-0.25, -0.2) is 28.8 Å². The van der Waals surface area contributed by atoms with E-state index < -0.39 is 242 Å². The number of alkyl carbamates (subject to hydrolysis) is 6. The summed E-state index contributed by atoms with van der Waals surface area (Å²) < 4.78 is 114. The summed E-state index contributed by atoms with van der Waals surface area (Å²) in [6, 6.07) is 30.5. The van der Waals surface area contributed by atoms with E-state index >= 15 is 0 Å². The Morgan fingerprint density at radius 3 is 1.23 bits per heavy atom. The van der Waals surface area contributed by atoms with Crippen LogP contribution in [-0.4, -0.2) is 316 Å². The Hall–Kier alpha value is -10.7. The summed E-state index contributed by atoms with van der Waals surface area (Å²) in [5, 5.41) is 115. The third-order valence-corrected chi connectivity index (χ3v) is 30.8. The topological polar surface area (TPSA) is 652 Å². The molecule has 47 nitrogen and oxygen atoms in total. The maximum Gasteiger partial charge on any atom is 0.407 e.